The molecule has 1 aliphatic carbocycles. The Balaban J connectivity index is 2.00. The third kappa shape index (κ3) is 1.62. The molecule has 86 valence electrons. The van der Waals surface area contributed by atoms with Crippen molar-refractivity contribution < 1.29 is 0 Å². The minimum Gasteiger partial charge on any atom is -0.370 e. The van der Waals surface area contributed by atoms with E-state index in [2.05, 4.69) is 30.7 Å². The maximum absolute atomic E-state index is 5.95. The predicted octanol–water partition coefficient (Wildman–Crippen LogP) is 1.83. The predicted molar refractivity (Wildman–Crippen MR) is 63.8 cm³/mol. The Morgan fingerprint density at radius 2 is 2.20 bits per heavy atom. The minimum absolute atomic E-state index is 0.315. The molecule has 1 aliphatic heterocycles. The molecular weight excluding hydrogens is 186 g/mol. The molecule has 2 N–H and O–H groups in total. The highest BCUT2D eigenvalue weighted by Gasteiger charge is 2.52. The van der Waals surface area contributed by atoms with E-state index in [1.807, 2.05) is 0 Å². The Morgan fingerprint density at radius 3 is 2.73 bits per heavy atom. The third-order valence-electron chi connectivity index (χ3n) is 4.06. The summed E-state index contributed by atoms with van der Waals surface area (Å²) in [4.78, 5) is 6.78. The van der Waals surface area contributed by atoms with E-state index < -0.39 is 0 Å². The molecule has 1 heterocycles. The van der Waals surface area contributed by atoms with Gasteiger partial charge in [0.1, 0.15) is 0 Å². The largest absolute Gasteiger partial charge is 0.370 e. The number of nitrogens with two attached hydrogens (primary N) is 1. The average molecular weight is 209 g/mol. The van der Waals surface area contributed by atoms with Gasteiger partial charge in [-0.1, -0.05) is 20.8 Å². The molecule has 0 aromatic rings. The Labute approximate surface area is 92.7 Å². The molecule has 3 heteroatoms. The van der Waals surface area contributed by atoms with E-state index in [0.29, 0.717) is 5.54 Å². The molecule has 3 nitrogen and oxygen atoms in total. The van der Waals surface area contributed by atoms with Gasteiger partial charge in [0.25, 0.3) is 0 Å². The van der Waals surface area contributed by atoms with Crippen LogP contribution in [0.4, 0.5) is 0 Å². The lowest BCUT2D eigenvalue weighted by Gasteiger charge is -2.52. The topological polar surface area (TPSA) is 41.6 Å². The van der Waals surface area contributed by atoms with Crippen molar-refractivity contribution in [1.29, 1.82) is 0 Å². The van der Waals surface area contributed by atoms with Crippen LogP contribution in [-0.2, 0) is 0 Å². The first-order valence-electron chi connectivity index (χ1n) is 6.16. The van der Waals surface area contributed by atoms with Crippen molar-refractivity contribution in [3.63, 3.8) is 0 Å². The summed E-state index contributed by atoms with van der Waals surface area (Å²) in [6.07, 6.45) is 3.73. The fourth-order valence-corrected chi connectivity index (χ4v) is 2.95. The number of aliphatic imine (C=N–C) groups is 1. The molecule has 1 fully saturated rings. The minimum atomic E-state index is 0.315. The SMILES string of the molecule is CCCN1C(N)=NCC12CC(C(C)C)C2. The van der Waals surface area contributed by atoms with Gasteiger partial charge in [0.05, 0.1) is 12.1 Å². The molecular formula is C12H23N3. The second kappa shape index (κ2) is 3.69. The van der Waals surface area contributed by atoms with Gasteiger partial charge in [-0.25, -0.2) is 0 Å². The van der Waals surface area contributed by atoms with Crippen LogP contribution in [0.1, 0.15) is 40.0 Å². The van der Waals surface area contributed by atoms with Crippen LogP contribution in [-0.4, -0.2) is 29.5 Å². The summed E-state index contributed by atoms with van der Waals surface area (Å²) in [6, 6.07) is 0. The fraction of sp³-hybridized carbons (Fsp3) is 0.917. The van der Waals surface area contributed by atoms with E-state index in [9.17, 15) is 0 Å². The van der Waals surface area contributed by atoms with E-state index in [4.69, 9.17) is 5.73 Å². The summed E-state index contributed by atoms with van der Waals surface area (Å²) >= 11 is 0. The number of hydrogen-bond acceptors (Lipinski definition) is 3. The zero-order chi connectivity index (χ0) is 11.1. The molecule has 0 aromatic heterocycles. The van der Waals surface area contributed by atoms with Crippen LogP contribution in [0, 0.1) is 11.8 Å². The molecule has 15 heavy (non-hydrogen) atoms. The molecule has 2 aliphatic rings. The smallest absolute Gasteiger partial charge is 0.191 e. The Hall–Kier alpha value is -0.730. The van der Waals surface area contributed by atoms with Crippen molar-refractivity contribution in [3.8, 4) is 0 Å². The number of nitrogens with zero attached hydrogens (tertiary/aromatic N) is 2. The van der Waals surface area contributed by atoms with E-state index in [1.54, 1.807) is 0 Å². The lowest BCUT2D eigenvalue weighted by Crippen LogP contribution is -2.60. The molecule has 0 bridgehead atoms. The summed E-state index contributed by atoms with van der Waals surface area (Å²) < 4.78 is 0. The number of hydrogen-bond donors (Lipinski definition) is 1. The summed E-state index contributed by atoms with van der Waals surface area (Å²) in [5, 5.41) is 0. The van der Waals surface area contributed by atoms with Gasteiger partial charge in [-0.05, 0) is 31.1 Å². The molecule has 0 saturated heterocycles. The Bertz CT molecular complexity index is 264. The van der Waals surface area contributed by atoms with Gasteiger partial charge in [0.2, 0.25) is 0 Å². The Morgan fingerprint density at radius 1 is 1.53 bits per heavy atom. The van der Waals surface area contributed by atoms with Gasteiger partial charge in [0.15, 0.2) is 5.96 Å². The number of rotatable bonds is 3. The van der Waals surface area contributed by atoms with Gasteiger partial charge >= 0.3 is 0 Å². The summed E-state index contributed by atoms with van der Waals surface area (Å²) in [7, 11) is 0. The van der Waals surface area contributed by atoms with Crippen LogP contribution in [0.15, 0.2) is 4.99 Å². The van der Waals surface area contributed by atoms with Crippen LogP contribution in [0.2, 0.25) is 0 Å². The quantitative estimate of drug-likeness (QED) is 0.770. The van der Waals surface area contributed by atoms with Crippen LogP contribution in [0.25, 0.3) is 0 Å². The van der Waals surface area contributed by atoms with E-state index >= 15 is 0 Å². The molecule has 1 saturated carbocycles. The fourth-order valence-electron chi connectivity index (χ4n) is 2.95. The highest BCUT2D eigenvalue weighted by Crippen LogP contribution is 2.48. The monoisotopic (exact) mass is 209 g/mol. The van der Waals surface area contributed by atoms with Gasteiger partial charge in [-0.15, -0.1) is 0 Å². The summed E-state index contributed by atoms with van der Waals surface area (Å²) in [5.41, 5.74) is 6.26. The summed E-state index contributed by atoms with van der Waals surface area (Å²) in [6.45, 7) is 8.85. The van der Waals surface area contributed by atoms with Crippen molar-refractivity contribution in [2.75, 3.05) is 13.1 Å². The second-order valence-electron chi connectivity index (χ2n) is 5.46. The average Bonchev–Trinajstić information content (AvgIpc) is 2.43. The maximum Gasteiger partial charge on any atom is 0.191 e. The van der Waals surface area contributed by atoms with E-state index in [1.165, 1.54) is 12.8 Å². The Kier molecular flexibility index (Phi) is 2.65. The molecule has 0 radical (unpaired) electrons. The zero-order valence-corrected chi connectivity index (χ0v) is 10.2. The van der Waals surface area contributed by atoms with Crippen molar-refractivity contribution >= 4 is 5.96 Å². The van der Waals surface area contributed by atoms with Crippen LogP contribution < -0.4 is 5.73 Å². The first-order valence-corrected chi connectivity index (χ1v) is 6.16. The summed E-state index contributed by atoms with van der Waals surface area (Å²) in [5.74, 6) is 2.46. The zero-order valence-electron chi connectivity index (χ0n) is 10.2. The standard InChI is InChI=1S/C12H23N3/c1-4-5-15-11(13)14-8-12(15)6-10(7-12)9(2)3/h9-10H,4-8H2,1-3H3,(H2,13,14). The van der Waals surface area contributed by atoms with Gasteiger partial charge in [0, 0.05) is 6.54 Å². The van der Waals surface area contributed by atoms with Crippen molar-refractivity contribution in [3.05, 3.63) is 0 Å². The molecule has 2 rings (SSSR count). The van der Waals surface area contributed by atoms with Crippen molar-refractivity contribution in [2.45, 2.75) is 45.6 Å². The molecule has 0 unspecified atom stereocenters. The van der Waals surface area contributed by atoms with Crippen molar-refractivity contribution in [1.82, 2.24) is 4.90 Å². The molecule has 1 spiro atoms. The molecule has 0 atom stereocenters. The molecule has 0 aromatic carbocycles. The van der Waals surface area contributed by atoms with Crippen LogP contribution in [0.3, 0.4) is 0 Å². The first kappa shape index (κ1) is 10.8. The lowest BCUT2D eigenvalue weighted by molar-refractivity contribution is 0.0185. The van der Waals surface area contributed by atoms with Crippen LogP contribution >= 0.6 is 0 Å². The van der Waals surface area contributed by atoms with Crippen LogP contribution in [0.5, 0.6) is 0 Å². The van der Waals surface area contributed by atoms with Gasteiger partial charge < -0.3 is 10.6 Å². The normalized spacial score (nSPS) is 34.8. The van der Waals surface area contributed by atoms with E-state index in [0.717, 1.165) is 37.3 Å². The third-order valence-corrected chi connectivity index (χ3v) is 4.06. The lowest BCUT2D eigenvalue weighted by atomic mass is 9.63. The maximum atomic E-state index is 5.95. The first-order chi connectivity index (χ1) is 7.09. The highest BCUT2D eigenvalue weighted by atomic mass is 15.4. The van der Waals surface area contributed by atoms with Gasteiger partial charge in [-0.2, -0.15) is 0 Å². The number of guanidine groups is 1. The van der Waals surface area contributed by atoms with Gasteiger partial charge in [-0.3, -0.25) is 4.99 Å². The molecule has 0 amide bonds. The van der Waals surface area contributed by atoms with Crippen molar-refractivity contribution in [2.24, 2.45) is 22.6 Å². The van der Waals surface area contributed by atoms with E-state index in [-0.39, 0.29) is 0 Å². The second-order valence-corrected chi connectivity index (χ2v) is 5.46. The highest BCUT2D eigenvalue weighted by molar-refractivity contribution is 5.81.